The monoisotopic (exact) mass is 256 g/mol. The van der Waals surface area contributed by atoms with Crippen LogP contribution in [0.4, 0.5) is 10.1 Å². The molecule has 0 fully saturated rings. The van der Waals surface area contributed by atoms with Gasteiger partial charge in [0.1, 0.15) is 10.7 Å². The van der Waals surface area contributed by atoms with Crippen molar-refractivity contribution in [3.63, 3.8) is 0 Å². The maximum atomic E-state index is 13.6. The number of rotatable bonds is 3. The van der Waals surface area contributed by atoms with Gasteiger partial charge in [0.25, 0.3) is 0 Å². The molecule has 0 aliphatic rings. The molecule has 6 heteroatoms. The lowest BCUT2D eigenvalue weighted by Crippen LogP contribution is -2.28. The summed E-state index contributed by atoms with van der Waals surface area (Å²) < 4.78 is 38.4. The molecule has 0 aliphatic heterocycles. The van der Waals surface area contributed by atoms with Gasteiger partial charge in [-0.15, -0.1) is 6.42 Å². The Balaban J connectivity index is 3.35. The molecule has 92 valence electrons. The molecule has 1 rings (SSSR count). The van der Waals surface area contributed by atoms with Crippen LogP contribution in [0.15, 0.2) is 17.0 Å². The Hall–Kier alpha value is -1.58. The largest absolute Gasteiger partial charge is 0.398 e. The van der Waals surface area contributed by atoms with Crippen molar-refractivity contribution < 1.29 is 12.8 Å². The van der Waals surface area contributed by atoms with Gasteiger partial charge in [0, 0.05) is 12.7 Å². The number of benzene rings is 1. The van der Waals surface area contributed by atoms with Crippen LogP contribution < -0.4 is 5.73 Å². The minimum absolute atomic E-state index is 0.129. The fourth-order valence-corrected chi connectivity index (χ4v) is 2.41. The van der Waals surface area contributed by atoms with Gasteiger partial charge >= 0.3 is 0 Å². The van der Waals surface area contributed by atoms with Crippen molar-refractivity contribution in [2.24, 2.45) is 0 Å². The van der Waals surface area contributed by atoms with Crippen molar-refractivity contribution in [3.05, 3.63) is 23.5 Å². The predicted octanol–water partition coefficient (Wildman–Crippen LogP) is 0.970. The number of sulfonamides is 1. The van der Waals surface area contributed by atoms with Gasteiger partial charge in [0.05, 0.1) is 6.54 Å². The molecule has 0 atom stereocenters. The molecule has 0 radical (unpaired) electrons. The van der Waals surface area contributed by atoms with E-state index < -0.39 is 20.7 Å². The lowest BCUT2D eigenvalue weighted by atomic mass is 10.2. The summed E-state index contributed by atoms with van der Waals surface area (Å²) in [6.07, 6.45) is 5.02. The molecule has 0 saturated heterocycles. The van der Waals surface area contributed by atoms with Gasteiger partial charge in [-0.1, -0.05) is 5.92 Å². The number of hydrogen-bond donors (Lipinski definition) is 1. The number of nitrogens with zero attached hydrogens (tertiary/aromatic N) is 1. The normalized spacial score (nSPS) is 11.5. The van der Waals surface area contributed by atoms with Crippen LogP contribution in [0.3, 0.4) is 0 Å². The van der Waals surface area contributed by atoms with E-state index in [4.69, 9.17) is 12.2 Å². The Morgan fingerprint density at radius 1 is 1.53 bits per heavy atom. The molecule has 4 nitrogen and oxygen atoms in total. The van der Waals surface area contributed by atoms with E-state index in [9.17, 15) is 12.8 Å². The van der Waals surface area contributed by atoms with E-state index in [2.05, 4.69) is 5.92 Å². The molecule has 1 aromatic rings. The highest BCUT2D eigenvalue weighted by atomic mass is 32.2. The first-order chi connectivity index (χ1) is 7.80. The van der Waals surface area contributed by atoms with Gasteiger partial charge in [-0.3, -0.25) is 0 Å². The summed E-state index contributed by atoms with van der Waals surface area (Å²) >= 11 is 0. The van der Waals surface area contributed by atoms with E-state index in [1.165, 1.54) is 7.05 Å². The fraction of sp³-hybridized carbons (Fsp3) is 0.273. The second kappa shape index (κ2) is 4.73. The lowest BCUT2D eigenvalue weighted by molar-refractivity contribution is 0.492. The van der Waals surface area contributed by atoms with Gasteiger partial charge < -0.3 is 5.73 Å². The van der Waals surface area contributed by atoms with Crippen LogP contribution in [0.2, 0.25) is 0 Å². The highest BCUT2D eigenvalue weighted by Gasteiger charge is 2.24. The van der Waals surface area contributed by atoms with Gasteiger partial charge in [-0.2, -0.15) is 4.31 Å². The zero-order chi connectivity index (χ0) is 13.2. The zero-order valence-corrected chi connectivity index (χ0v) is 10.4. The number of terminal acetylenes is 1. The Kier molecular flexibility index (Phi) is 3.76. The molecule has 0 heterocycles. The Bertz CT molecular complexity index is 576. The molecule has 0 spiro atoms. The van der Waals surface area contributed by atoms with E-state index >= 15 is 0 Å². The van der Waals surface area contributed by atoms with Crippen LogP contribution in [-0.4, -0.2) is 26.3 Å². The standard InChI is InChI=1S/C11H13FN2O2S/c1-4-5-14(3)17(15,16)11-7-10(13)8(2)6-9(11)12/h1,6-7H,5,13H2,2-3H3. The van der Waals surface area contributed by atoms with Crippen molar-refractivity contribution in [1.29, 1.82) is 0 Å². The summed E-state index contributed by atoms with van der Waals surface area (Å²) in [5.74, 6) is 1.35. The first kappa shape index (κ1) is 13.5. The van der Waals surface area contributed by atoms with Gasteiger partial charge in [-0.05, 0) is 24.6 Å². The third-order valence-corrected chi connectivity index (χ3v) is 4.14. The van der Waals surface area contributed by atoms with E-state index in [1.54, 1.807) is 6.92 Å². The molecule has 0 unspecified atom stereocenters. The number of halogens is 1. The minimum atomic E-state index is -3.94. The molecule has 0 amide bonds. The summed E-state index contributed by atoms with van der Waals surface area (Å²) in [5, 5.41) is 0. The maximum absolute atomic E-state index is 13.6. The predicted molar refractivity (Wildman–Crippen MR) is 64.2 cm³/mol. The van der Waals surface area contributed by atoms with E-state index in [-0.39, 0.29) is 12.2 Å². The third kappa shape index (κ3) is 2.57. The molecular formula is C11H13FN2O2S. The van der Waals surface area contributed by atoms with Crippen molar-refractivity contribution in [2.75, 3.05) is 19.3 Å². The number of nitrogen functional groups attached to an aromatic ring is 1. The first-order valence-electron chi connectivity index (χ1n) is 4.76. The number of nitrogens with two attached hydrogens (primary N) is 1. The molecule has 1 aromatic carbocycles. The van der Waals surface area contributed by atoms with Crippen LogP contribution in [0, 0.1) is 25.1 Å². The average Bonchev–Trinajstić information content (AvgIpc) is 2.23. The van der Waals surface area contributed by atoms with Crippen molar-refractivity contribution >= 4 is 15.7 Å². The molecule has 0 aromatic heterocycles. The summed E-state index contributed by atoms with van der Waals surface area (Å²) in [7, 11) is -2.65. The SMILES string of the molecule is C#CCN(C)S(=O)(=O)c1cc(N)c(C)cc1F. The van der Waals surface area contributed by atoms with Gasteiger partial charge in [-0.25, -0.2) is 12.8 Å². The summed E-state index contributed by atoms with van der Waals surface area (Å²) in [5.41, 5.74) is 6.28. The third-order valence-electron chi connectivity index (χ3n) is 2.32. The van der Waals surface area contributed by atoms with E-state index in [0.717, 1.165) is 16.4 Å². The summed E-state index contributed by atoms with van der Waals surface area (Å²) in [6, 6.07) is 2.19. The minimum Gasteiger partial charge on any atom is -0.398 e. The number of aryl methyl sites for hydroxylation is 1. The molecule has 17 heavy (non-hydrogen) atoms. The Morgan fingerprint density at radius 3 is 2.65 bits per heavy atom. The number of anilines is 1. The summed E-state index contributed by atoms with van der Waals surface area (Å²) in [4.78, 5) is -0.460. The van der Waals surface area contributed by atoms with Crippen LogP contribution >= 0.6 is 0 Å². The van der Waals surface area contributed by atoms with E-state index in [0.29, 0.717) is 5.56 Å². The Morgan fingerprint density at radius 2 is 2.12 bits per heavy atom. The quantitative estimate of drug-likeness (QED) is 0.647. The smallest absolute Gasteiger partial charge is 0.246 e. The van der Waals surface area contributed by atoms with Gasteiger partial charge in [0.15, 0.2) is 0 Å². The average molecular weight is 256 g/mol. The van der Waals surface area contributed by atoms with Gasteiger partial charge in [0.2, 0.25) is 10.0 Å². The number of hydrogen-bond acceptors (Lipinski definition) is 3. The Labute approximate surface area is 100 Å². The van der Waals surface area contributed by atoms with Crippen LogP contribution in [-0.2, 0) is 10.0 Å². The van der Waals surface area contributed by atoms with Crippen molar-refractivity contribution in [1.82, 2.24) is 4.31 Å². The topological polar surface area (TPSA) is 63.4 Å². The highest BCUT2D eigenvalue weighted by Crippen LogP contribution is 2.23. The lowest BCUT2D eigenvalue weighted by Gasteiger charge is -2.15. The highest BCUT2D eigenvalue weighted by molar-refractivity contribution is 7.89. The summed E-state index contributed by atoms with van der Waals surface area (Å²) in [6.45, 7) is 1.47. The molecule has 0 saturated carbocycles. The molecule has 0 aliphatic carbocycles. The van der Waals surface area contributed by atoms with Crippen LogP contribution in [0.25, 0.3) is 0 Å². The van der Waals surface area contributed by atoms with Crippen molar-refractivity contribution in [2.45, 2.75) is 11.8 Å². The maximum Gasteiger partial charge on any atom is 0.246 e. The van der Waals surface area contributed by atoms with Crippen LogP contribution in [0.5, 0.6) is 0 Å². The second-order valence-electron chi connectivity index (χ2n) is 3.60. The molecule has 2 N–H and O–H groups in total. The van der Waals surface area contributed by atoms with Crippen LogP contribution in [0.1, 0.15) is 5.56 Å². The molecular weight excluding hydrogens is 243 g/mol. The fourth-order valence-electron chi connectivity index (χ4n) is 1.25. The van der Waals surface area contributed by atoms with E-state index in [1.807, 2.05) is 0 Å². The second-order valence-corrected chi connectivity index (χ2v) is 5.62. The van der Waals surface area contributed by atoms with Crippen molar-refractivity contribution in [3.8, 4) is 12.3 Å². The first-order valence-corrected chi connectivity index (χ1v) is 6.20. The molecule has 0 bridgehead atoms. The zero-order valence-electron chi connectivity index (χ0n) is 9.57.